The number of carboxylic acid groups (broad SMARTS) is 1. The van der Waals surface area contributed by atoms with Crippen LogP contribution in [0.3, 0.4) is 0 Å². The van der Waals surface area contributed by atoms with E-state index >= 15 is 0 Å². The maximum Gasteiger partial charge on any atom is 0.311 e. The Bertz CT molecular complexity index is 507. The Morgan fingerprint density at radius 2 is 2.33 bits per heavy atom. The highest BCUT2D eigenvalue weighted by molar-refractivity contribution is 5.77. The van der Waals surface area contributed by atoms with E-state index in [-0.39, 0.29) is 5.92 Å². The van der Waals surface area contributed by atoms with E-state index in [1.165, 1.54) is 0 Å². The Morgan fingerprint density at radius 1 is 1.57 bits per heavy atom. The van der Waals surface area contributed by atoms with E-state index in [1.807, 2.05) is 25.7 Å². The molecule has 21 heavy (non-hydrogen) atoms. The lowest BCUT2D eigenvalue weighted by molar-refractivity contribution is -0.150. The molecular formula is C15H23N3O3. The molecule has 116 valence electrons. The standard InChI is InChI=1S/C15H23N3O3/c1-4-9-21-12-5-7-16-14(17-12)18-8-6-15(10-18,11(2)3)13(19)20/h5,7,11H,4,6,8-10H2,1-3H3,(H,19,20). The zero-order chi connectivity index (χ0) is 15.5. The first-order valence-corrected chi connectivity index (χ1v) is 7.44. The number of hydrogen-bond acceptors (Lipinski definition) is 5. The van der Waals surface area contributed by atoms with Crippen molar-refractivity contribution in [3.05, 3.63) is 12.3 Å². The molecule has 1 atom stereocenters. The van der Waals surface area contributed by atoms with Gasteiger partial charge in [-0.1, -0.05) is 20.8 Å². The normalized spacial score (nSPS) is 21.8. The van der Waals surface area contributed by atoms with Crippen LogP contribution in [0.1, 0.15) is 33.6 Å². The molecule has 1 aliphatic heterocycles. The number of anilines is 1. The first kappa shape index (κ1) is 15.5. The van der Waals surface area contributed by atoms with Gasteiger partial charge in [0, 0.05) is 25.4 Å². The minimum absolute atomic E-state index is 0.0690. The molecule has 6 nitrogen and oxygen atoms in total. The summed E-state index contributed by atoms with van der Waals surface area (Å²) >= 11 is 0. The van der Waals surface area contributed by atoms with Gasteiger partial charge in [-0.15, -0.1) is 0 Å². The van der Waals surface area contributed by atoms with Gasteiger partial charge in [0.1, 0.15) is 0 Å². The Balaban J connectivity index is 2.15. The monoisotopic (exact) mass is 293 g/mol. The fourth-order valence-electron chi connectivity index (χ4n) is 2.67. The molecule has 0 bridgehead atoms. The molecule has 0 aliphatic carbocycles. The van der Waals surface area contributed by atoms with Crippen LogP contribution in [0.2, 0.25) is 0 Å². The van der Waals surface area contributed by atoms with Crippen LogP contribution >= 0.6 is 0 Å². The molecule has 1 unspecified atom stereocenters. The van der Waals surface area contributed by atoms with Crippen molar-refractivity contribution < 1.29 is 14.6 Å². The van der Waals surface area contributed by atoms with E-state index in [2.05, 4.69) is 9.97 Å². The summed E-state index contributed by atoms with van der Waals surface area (Å²) in [6.45, 7) is 7.66. The first-order chi connectivity index (χ1) is 9.99. The van der Waals surface area contributed by atoms with Crippen molar-refractivity contribution in [3.8, 4) is 5.88 Å². The summed E-state index contributed by atoms with van der Waals surface area (Å²) in [5, 5.41) is 9.58. The number of ether oxygens (including phenoxy) is 1. The van der Waals surface area contributed by atoms with Crippen molar-refractivity contribution in [1.29, 1.82) is 0 Å². The molecule has 0 amide bonds. The van der Waals surface area contributed by atoms with Crippen molar-refractivity contribution in [1.82, 2.24) is 9.97 Å². The van der Waals surface area contributed by atoms with Crippen LogP contribution in [0.15, 0.2) is 12.3 Å². The number of hydrogen-bond donors (Lipinski definition) is 1. The summed E-state index contributed by atoms with van der Waals surface area (Å²) < 4.78 is 5.51. The molecule has 2 heterocycles. The average Bonchev–Trinajstić information content (AvgIpc) is 2.92. The summed E-state index contributed by atoms with van der Waals surface area (Å²) in [6.07, 6.45) is 3.19. The lowest BCUT2D eigenvalue weighted by Crippen LogP contribution is -2.39. The first-order valence-electron chi connectivity index (χ1n) is 7.44. The Hall–Kier alpha value is -1.85. The summed E-state index contributed by atoms with van der Waals surface area (Å²) in [5.74, 6) is 0.421. The number of carbonyl (C=O) groups is 1. The number of aliphatic carboxylic acids is 1. The third-order valence-corrected chi connectivity index (χ3v) is 4.19. The molecule has 1 aliphatic rings. The predicted octanol–water partition coefficient (Wildman–Crippen LogP) is 2.20. The quantitative estimate of drug-likeness (QED) is 0.866. The Morgan fingerprint density at radius 3 is 2.90 bits per heavy atom. The van der Waals surface area contributed by atoms with E-state index < -0.39 is 11.4 Å². The van der Waals surface area contributed by atoms with Crippen LogP contribution in [-0.4, -0.2) is 40.7 Å². The molecule has 1 aromatic rings. The molecule has 1 N–H and O–H groups in total. The van der Waals surface area contributed by atoms with E-state index in [1.54, 1.807) is 12.3 Å². The number of aromatic nitrogens is 2. The van der Waals surface area contributed by atoms with Crippen LogP contribution in [0.25, 0.3) is 0 Å². The molecule has 2 rings (SSSR count). The highest BCUT2D eigenvalue weighted by Crippen LogP contribution is 2.39. The number of rotatable bonds is 6. The second-order valence-electron chi connectivity index (χ2n) is 5.83. The zero-order valence-electron chi connectivity index (χ0n) is 12.9. The van der Waals surface area contributed by atoms with Gasteiger partial charge < -0.3 is 14.7 Å². The summed E-state index contributed by atoms with van der Waals surface area (Å²) in [4.78, 5) is 22.2. The van der Waals surface area contributed by atoms with Crippen LogP contribution in [0.5, 0.6) is 5.88 Å². The molecule has 1 saturated heterocycles. The molecule has 0 saturated carbocycles. The molecule has 1 fully saturated rings. The molecule has 0 aromatic carbocycles. The lowest BCUT2D eigenvalue weighted by Gasteiger charge is -2.28. The van der Waals surface area contributed by atoms with Crippen molar-refractivity contribution in [2.45, 2.75) is 33.6 Å². The molecular weight excluding hydrogens is 270 g/mol. The van der Waals surface area contributed by atoms with Crippen molar-refractivity contribution >= 4 is 11.9 Å². The largest absolute Gasteiger partial charge is 0.481 e. The van der Waals surface area contributed by atoms with Gasteiger partial charge in [0.25, 0.3) is 0 Å². The summed E-state index contributed by atoms with van der Waals surface area (Å²) in [5.41, 5.74) is -0.719. The maximum absolute atomic E-state index is 11.7. The number of carboxylic acids is 1. The van der Waals surface area contributed by atoms with Gasteiger partial charge in [-0.3, -0.25) is 4.79 Å². The van der Waals surface area contributed by atoms with Crippen LogP contribution < -0.4 is 9.64 Å². The van der Waals surface area contributed by atoms with Gasteiger partial charge in [0.15, 0.2) is 0 Å². The van der Waals surface area contributed by atoms with Gasteiger partial charge in [0.05, 0.1) is 12.0 Å². The second kappa shape index (κ2) is 6.28. The zero-order valence-corrected chi connectivity index (χ0v) is 12.9. The minimum atomic E-state index is -0.738. The van der Waals surface area contributed by atoms with E-state index in [9.17, 15) is 9.90 Å². The average molecular weight is 293 g/mol. The van der Waals surface area contributed by atoms with Crippen LogP contribution in [0, 0.1) is 11.3 Å². The Kier molecular flexibility index (Phi) is 4.65. The third kappa shape index (κ3) is 3.09. The lowest BCUT2D eigenvalue weighted by atomic mass is 9.76. The minimum Gasteiger partial charge on any atom is -0.481 e. The smallest absolute Gasteiger partial charge is 0.311 e. The molecule has 0 spiro atoms. The molecule has 1 aromatic heterocycles. The van der Waals surface area contributed by atoms with E-state index in [0.717, 1.165) is 6.42 Å². The van der Waals surface area contributed by atoms with Crippen molar-refractivity contribution in [2.75, 3.05) is 24.6 Å². The van der Waals surface area contributed by atoms with Gasteiger partial charge in [0.2, 0.25) is 11.8 Å². The summed E-state index contributed by atoms with van der Waals surface area (Å²) in [7, 11) is 0. The van der Waals surface area contributed by atoms with E-state index in [4.69, 9.17) is 4.74 Å². The SMILES string of the molecule is CCCOc1ccnc(N2CCC(C(=O)O)(C(C)C)C2)n1. The predicted molar refractivity (Wildman–Crippen MR) is 79.6 cm³/mol. The molecule has 6 heteroatoms. The second-order valence-corrected chi connectivity index (χ2v) is 5.83. The summed E-state index contributed by atoms with van der Waals surface area (Å²) in [6, 6.07) is 1.72. The number of nitrogens with zero attached hydrogens (tertiary/aromatic N) is 3. The highest BCUT2D eigenvalue weighted by atomic mass is 16.5. The fraction of sp³-hybridized carbons (Fsp3) is 0.667. The fourth-order valence-corrected chi connectivity index (χ4v) is 2.67. The van der Waals surface area contributed by atoms with Gasteiger partial charge in [-0.25, -0.2) is 4.98 Å². The topological polar surface area (TPSA) is 75.5 Å². The van der Waals surface area contributed by atoms with Crippen LogP contribution in [0.4, 0.5) is 5.95 Å². The Labute approximate surface area is 125 Å². The third-order valence-electron chi connectivity index (χ3n) is 4.19. The van der Waals surface area contributed by atoms with E-state index in [0.29, 0.717) is 37.9 Å². The highest BCUT2D eigenvalue weighted by Gasteiger charge is 2.47. The van der Waals surface area contributed by atoms with Gasteiger partial charge >= 0.3 is 5.97 Å². The maximum atomic E-state index is 11.7. The van der Waals surface area contributed by atoms with Gasteiger partial charge in [-0.05, 0) is 18.8 Å². The van der Waals surface area contributed by atoms with Gasteiger partial charge in [-0.2, -0.15) is 4.98 Å². The molecule has 0 radical (unpaired) electrons. The van der Waals surface area contributed by atoms with Crippen molar-refractivity contribution in [2.24, 2.45) is 11.3 Å². The van der Waals surface area contributed by atoms with Crippen molar-refractivity contribution in [3.63, 3.8) is 0 Å². The van der Waals surface area contributed by atoms with Crippen LogP contribution in [-0.2, 0) is 4.79 Å².